The summed E-state index contributed by atoms with van der Waals surface area (Å²) in [4.78, 5) is 14.0. The highest BCUT2D eigenvalue weighted by Gasteiger charge is 2.21. The van der Waals surface area contributed by atoms with Crippen molar-refractivity contribution in [1.82, 2.24) is 4.90 Å². The lowest BCUT2D eigenvalue weighted by Crippen LogP contribution is -2.28. The van der Waals surface area contributed by atoms with Crippen LogP contribution in [0.4, 0.5) is 0 Å². The van der Waals surface area contributed by atoms with Crippen molar-refractivity contribution in [2.24, 2.45) is 0 Å². The van der Waals surface area contributed by atoms with Gasteiger partial charge in [0.1, 0.15) is 11.6 Å². The van der Waals surface area contributed by atoms with E-state index in [0.717, 1.165) is 42.3 Å². The second kappa shape index (κ2) is 5.80. The Balaban J connectivity index is 1.92. The molecule has 0 bridgehead atoms. The number of fused-ring (bicyclic) bond motifs is 1. The predicted octanol–water partition coefficient (Wildman–Crippen LogP) is 3.37. The minimum absolute atomic E-state index is 0.150. The maximum atomic E-state index is 12.3. The number of nitrogens with zero attached hydrogens (tertiary/aromatic N) is 2. The molecule has 1 aliphatic rings. The van der Waals surface area contributed by atoms with Crippen molar-refractivity contribution >= 4 is 22.8 Å². The molecule has 3 heteroatoms. The molecule has 1 aliphatic heterocycles. The lowest BCUT2D eigenvalue weighted by atomic mass is 10.0. The van der Waals surface area contributed by atoms with Crippen molar-refractivity contribution in [2.45, 2.75) is 12.8 Å². The standard InChI is InChI=1S/C18H16N2O/c19-13-17(18(21)20-9-3-4-10-20)12-14-7-8-15-5-1-2-6-16(15)11-14/h1-2,5-8,11-12H,3-4,9-10H2/b17-12+. The van der Waals surface area contributed by atoms with Crippen LogP contribution in [0.15, 0.2) is 48.0 Å². The van der Waals surface area contributed by atoms with Gasteiger partial charge < -0.3 is 4.90 Å². The van der Waals surface area contributed by atoms with E-state index < -0.39 is 0 Å². The van der Waals surface area contributed by atoms with E-state index in [2.05, 4.69) is 0 Å². The highest BCUT2D eigenvalue weighted by molar-refractivity contribution is 6.02. The number of hydrogen-bond donors (Lipinski definition) is 0. The Kier molecular flexibility index (Phi) is 3.70. The van der Waals surface area contributed by atoms with Gasteiger partial charge in [-0.2, -0.15) is 5.26 Å². The highest BCUT2D eigenvalue weighted by Crippen LogP contribution is 2.19. The van der Waals surface area contributed by atoms with Crippen LogP contribution in [0.25, 0.3) is 16.8 Å². The zero-order chi connectivity index (χ0) is 14.7. The van der Waals surface area contributed by atoms with Crippen LogP contribution < -0.4 is 0 Å². The highest BCUT2D eigenvalue weighted by atomic mass is 16.2. The van der Waals surface area contributed by atoms with Gasteiger partial charge in [-0.15, -0.1) is 0 Å². The van der Waals surface area contributed by atoms with Crippen molar-refractivity contribution in [1.29, 1.82) is 5.26 Å². The minimum Gasteiger partial charge on any atom is -0.338 e. The second-order valence-electron chi connectivity index (χ2n) is 5.28. The van der Waals surface area contributed by atoms with E-state index in [0.29, 0.717) is 0 Å². The van der Waals surface area contributed by atoms with Crippen LogP contribution in [0, 0.1) is 11.3 Å². The number of nitriles is 1. The topological polar surface area (TPSA) is 44.1 Å². The maximum Gasteiger partial charge on any atom is 0.264 e. The fourth-order valence-electron chi connectivity index (χ4n) is 2.70. The van der Waals surface area contributed by atoms with Gasteiger partial charge in [-0.1, -0.05) is 36.4 Å². The number of carbonyl (C=O) groups is 1. The Labute approximate surface area is 124 Å². The molecule has 1 amide bonds. The van der Waals surface area contributed by atoms with Gasteiger partial charge in [0.25, 0.3) is 5.91 Å². The Morgan fingerprint density at radius 2 is 1.81 bits per heavy atom. The molecule has 1 fully saturated rings. The Morgan fingerprint density at radius 1 is 1.10 bits per heavy atom. The zero-order valence-electron chi connectivity index (χ0n) is 11.7. The van der Waals surface area contributed by atoms with Crippen LogP contribution in [0.2, 0.25) is 0 Å². The Morgan fingerprint density at radius 3 is 2.52 bits per heavy atom. The van der Waals surface area contributed by atoms with E-state index >= 15 is 0 Å². The quantitative estimate of drug-likeness (QED) is 0.623. The van der Waals surface area contributed by atoms with Crippen LogP contribution in [0.3, 0.4) is 0 Å². The van der Waals surface area contributed by atoms with Crippen LogP contribution >= 0.6 is 0 Å². The van der Waals surface area contributed by atoms with E-state index in [1.54, 1.807) is 11.0 Å². The van der Waals surface area contributed by atoms with Crippen molar-refractivity contribution in [3.05, 3.63) is 53.6 Å². The molecule has 3 rings (SSSR count). The summed E-state index contributed by atoms with van der Waals surface area (Å²) in [5, 5.41) is 11.5. The van der Waals surface area contributed by atoms with Crippen LogP contribution in [0.5, 0.6) is 0 Å². The summed E-state index contributed by atoms with van der Waals surface area (Å²) in [6.45, 7) is 1.52. The lowest BCUT2D eigenvalue weighted by molar-refractivity contribution is -0.125. The van der Waals surface area contributed by atoms with E-state index in [1.165, 1.54) is 0 Å². The molecule has 2 aromatic rings. The molecule has 0 saturated carbocycles. The molecule has 0 spiro atoms. The summed E-state index contributed by atoms with van der Waals surface area (Å²) in [7, 11) is 0. The first kappa shape index (κ1) is 13.4. The van der Waals surface area contributed by atoms with Gasteiger partial charge in [0.05, 0.1) is 0 Å². The average molecular weight is 276 g/mol. The van der Waals surface area contributed by atoms with Crippen LogP contribution in [0.1, 0.15) is 18.4 Å². The van der Waals surface area contributed by atoms with Crippen molar-refractivity contribution in [3.63, 3.8) is 0 Å². The van der Waals surface area contributed by atoms with E-state index in [-0.39, 0.29) is 11.5 Å². The molecule has 0 radical (unpaired) electrons. The van der Waals surface area contributed by atoms with Gasteiger partial charge >= 0.3 is 0 Å². The van der Waals surface area contributed by atoms with Crippen molar-refractivity contribution in [2.75, 3.05) is 13.1 Å². The Bertz CT molecular complexity index is 749. The summed E-state index contributed by atoms with van der Waals surface area (Å²) >= 11 is 0. The third kappa shape index (κ3) is 2.80. The number of carbonyl (C=O) groups excluding carboxylic acids is 1. The molecule has 0 unspecified atom stereocenters. The van der Waals surface area contributed by atoms with Gasteiger partial charge in [-0.25, -0.2) is 0 Å². The summed E-state index contributed by atoms with van der Waals surface area (Å²) < 4.78 is 0. The van der Waals surface area contributed by atoms with E-state index in [1.807, 2.05) is 48.5 Å². The van der Waals surface area contributed by atoms with Gasteiger partial charge in [-0.05, 0) is 41.3 Å². The first-order valence-electron chi connectivity index (χ1n) is 7.18. The lowest BCUT2D eigenvalue weighted by Gasteiger charge is -2.14. The first-order valence-corrected chi connectivity index (χ1v) is 7.18. The second-order valence-corrected chi connectivity index (χ2v) is 5.28. The predicted molar refractivity (Wildman–Crippen MR) is 83.4 cm³/mol. The van der Waals surface area contributed by atoms with Crippen LogP contribution in [-0.4, -0.2) is 23.9 Å². The monoisotopic (exact) mass is 276 g/mol. The molecule has 104 valence electrons. The molecule has 0 N–H and O–H groups in total. The smallest absolute Gasteiger partial charge is 0.264 e. The molecule has 3 nitrogen and oxygen atoms in total. The molecule has 1 heterocycles. The normalized spacial score (nSPS) is 15.2. The SMILES string of the molecule is N#C/C(=C\c1ccc2ccccc2c1)C(=O)N1CCCC1. The summed E-state index contributed by atoms with van der Waals surface area (Å²) in [5.41, 5.74) is 1.10. The molecule has 0 aromatic heterocycles. The third-order valence-electron chi connectivity index (χ3n) is 3.83. The van der Waals surface area contributed by atoms with Gasteiger partial charge in [0.15, 0.2) is 0 Å². The fraction of sp³-hybridized carbons (Fsp3) is 0.222. The number of rotatable bonds is 2. The Hall–Kier alpha value is -2.60. The van der Waals surface area contributed by atoms with E-state index in [9.17, 15) is 10.1 Å². The zero-order valence-corrected chi connectivity index (χ0v) is 11.7. The van der Waals surface area contributed by atoms with Gasteiger partial charge in [-0.3, -0.25) is 4.79 Å². The van der Waals surface area contributed by atoms with Crippen molar-refractivity contribution < 1.29 is 4.79 Å². The summed E-state index contributed by atoms with van der Waals surface area (Å²) in [6.07, 6.45) is 3.74. The third-order valence-corrected chi connectivity index (χ3v) is 3.83. The number of benzene rings is 2. The molecule has 2 aromatic carbocycles. The van der Waals surface area contributed by atoms with Crippen LogP contribution in [-0.2, 0) is 4.79 Å². The number of amides is 1. The minimum atomic E-state index is -0.150. The molecule has 0 atom stereocenters. The first-order chi connectivity index (χ1) is 10.3. The molecule has 0 aliphatic carbocycles. The number of likely N-dealkylation sites (tertiary alicyclic amines) is 1. The van der Waals surface area contributed by atoms with Gasteiger partial charge in [0.2, 0.25) is 0 Å². The van der Waals surface area contributed by atoms with Crippen molar-refractivity contribution in [3.8, 4) is 6.07 Å². The fourth-order valence-corrected chi connectivity index (χ4v) is 2.70. The molecular weight excluding hydrogens is 260 g/mol. The summed E-state index contributed by atoms with van der Waals surface area (Å²) in [5.74, 6) is -0.150. The molecule has 21 heavy (non-hydrogen) atoms. The largest absolute Gasteiger partial charge is 0.338 e. The summed E-state index contributed by atoms with van der Waals surface area (Å²) in [6, 6.07) is 16.1. The maximum absolute atomic E-state index is 12.3. The van der Waals surface area contributed by atoms with Gasteiger partial charge in [0, 0.05) is 13.1 Å². The average Bonchev–Trinajstić information content (AvgIpc) is 3.06. The molecular formula is C18H16N2O. The number of hydrogen-bond acceptors (Lipinski definition) is 2. The molecule has 1 saturated heterocycles. The van der Waals surface area contributed by atoms with E-state index in [4.69, 9.17) is 0 Å².